The number of rotatable bonds is 3. The molecule has 0 aliphatic carbocycles. The standard InChI is InChI=1S/C19H26N4O2/c1-13(2)23-14(3)20-17-11-16(5-6-18(17)23)12-19(25)22-9-7-21(8-10-22)15(4)24/h5-6,11,13H,7-10,12H2,1-4H3. The third-order valence-corrected chi connectivity index (χ3v) is 4.88. The molecule has 25 heavy (non-hydrogen) atoms. The fraction of sp³-hybridized carbons (Fsp3) is 0.526. The highest BCUT2D eigenvalue weighted by atomic mass is 16.2. The summed E-state index contributed by atoms with van der Waals surface area (Å²) in [6.45, 7) is 10.3. The number of benzene rings is 1. The molecule has 1 aliphatic rings. The van der Waals surface area contributed by atoms with Gasteiger partial charge in [-0.3, -0.25) is 9.59 Å². The summed E-state index contributed by atoms with van der Waals surface area (Å²) < 4.78 is 2.21. The molecule has 0 spiro atoms. The van der Waals surface area contributed by atoms with Gasteiger partial charge in [-0.05, 0) is 38.5 Å². The number of hydrogen-bond acceptors (Lipinski definition) is 3. The van der Waals surface area contributed by atoms with Crippen molar-refractivity contribution in [3.8, 4) is 0 Å². The molecule has 1 aliphatic heterocycles. The average Bonchev–Trinajstić information content (AvgIpc) is 2.90. The second-order valence-electron chi connectivity index (χ2n) is 7.01. The highest BCUT2D eigenvalue weighted by Gasteiger charge is 2.22. The molecule has 0 bridgehead atoms. The van der Waals surface area contributed by atoms with E-state index in [1.54, 1.807) is 11.8 Å². The van der Waals surface area contributed by atoms with Crippen molar-refractivity contribution in [3.63, 3.8) is 0 Å². The summed E-state index contributed by atoms with van der Waals surface area (Å²) in [5.74, 6) is 1.19. The minimum atomic E-state index is 0.0775. The topological polar surface area (TPSA) is 58.4 Å². The zero-order valence-corrected chi connectivity index (χ0v) is 15.5. The summed E-state index contributed by atoms with van der Waals surface area (Å²) in [4.78, 5) is 32.2. The normalized spacial score (nSPS) is 15.2. The molecule has 6 heteroatoms. The number of piperazine rings is 1. The molecule has 1 aromatic heterocycles. The molecule has 2 aromatic rings. The Labute approximate surface area is 148 Å². The number of fused-ring (bicyclic) bond motifs is 1. The van der Waals surface area contributed by atoms with E-state index in [2.05, 4.69) is 29.5 Å². The lowest BCUT2D eigenvalue weighted by atomic mass is 10.1. The maximum Gasteiger partial charge on any atom is 0.227 e. The van der Waals surface area contributed by atoms with Crippen LogP contribution in [0.25, 0.3) is 11.0 Å². The summed E-state index contributed by atoms with van der Waals surface area (Å²) in [6.07, 6.45) is 0.379. The van der Waals surface area contributed by atoms with Crippen molar-refractivity contribution in [3.05, 3.63) is 29.6 Å². The van der Waals surface area contributed by atoms with E-state index in [9.17, 15) is 9.59 Å². The number of carbonyl (C=O) groups excluding carboxylic acids is 2. The highest BCUT2D eigenvalue weighted by Crippen LogP contribution is 2.22. The monoisotopic (exact) mass is 342 g/mol. The van der Waals surface area contributed by atoms with Gasteiger partial charge in [0.05, 0.1) is 17.5 Å². The number of aromatic nitrogens is 2. The van der Waals surface area contributed by atoms with Gasteiger partial charge in [0.15, 0.2) is 0 Å². The van der Waals surface area contributed by atoms with Crippen molar-refractivity contribution in [1.29, 1.82) is 0 Å². The average molecular weight is 342 g/mol. The van der Waals surface area contributed by atoms with Gasteiger partial charge in [-0.2, -0.15) is 0 Å². The Kier molecular flexibility index (Phi) is 4.79. The summed E-state index contributed by atoms with van der Waals surface area (Å²) >= 11 is 0. The van der Waals surface area contributed by atoms with E-state index in [-0.39, 0.29) is 11.8 Å². The summed E-state index contributed by atoms with van der Waals surface area (Å²) in [7, 11) is 0. The Hall–Kier alpha value is -2.37. The molecular weight excluding hydrogens is 316 g/mol. The first-order valence-corrected chi connectivity index (χ1v) is 8.87. The van der Waals surface area contributed by atoms with Crippen molar-refractivity contribution in [2.75, 3.05) is 26.2 Å². The Morgan fingerprint density at radius 1 is 1.12 bits per heavy atom. The largest absolute Gasteiger partial charge is 0.339 e. The molecule has 0 N–H and O–H groups in total. The van der Waals surface area contributed by atoms with Crippen LogP contribution < -0.4 is 0 Å². The number of amides is 2. The van der Waals surface area contributed by atoms with Crippen LogP contribution in [0.15, 0.2) is 18.2 Å². The summed E-state index contributed by atoms with van der Waals surface area (Å²) in [6, 6.07) is 6.46. The lowest BCUT2D eigenvalue weighted by Crippen LogP contribution is -2.50. The number of aryl methyl sites for hydroxylation is 1. The van der Waals surface area contributed by atoms with Crippen molar-refractivity contribution >= 4 is 22.8 Å². The fourth-order valence-corrected chi connectivity index (χ4v) is 3.58. The van der Waals surface area contributed by atoms with E-state index < -0.39 is 0 Å². The molecule has 3 rings (SSSR count). The van der Waals surface area contributed by atoms with Gasteiger partial charge in [-0.15, -0.1) is 0 Å². The lowest BCUT2D eigenvalue weighted by molar-refractivity contribution is -0.138. The number of carbonyl (C=O) groups is 2. The summed E-state index contributed by atoms with van der Waals surface area (Å²) in [5.41, 5.74) is 3.04. The van der Waals surface area contributed by atoms with Gasteiger partial charge in [0.25, 0.3) is 0 Å². The van der Waals surface area contributed by atoms with Gasteiger partial charge in [-0.1, -0.05) is 6.07 Å². The smallest absolute Gasteiger partial charge is 0.227 e. The minimum absolute atomic E-state index is 0.0775. The van der Waals surface area contributed by atoms with Crippen LogP contribution in [-0.4, -0.2) is 57.3 Å². The zero-order valence-electron chi connectivity index (χ0n) is 15.5. The van der Waals surface area contributed by atoms with Crippen LogP contribution in [0.2, 0.25) is 0 Å². The van der Waals surface area contributed by atoms with Gasteiger partial charge in [0, 0.05) is 39.1 Å². The maximum absolute atomic E-state index is 12.6. The van der Waals surface area contributed by atoms with Crippen LogP contribution in [0.1, 0.15) is 38.2 Å². The van der Waals surface area contributed by atoms with Crippen molar-refractivity contribution < 1.29 is 9.59 Å². The van der Waals surface area contributed by atoms with E-state index in [1.165, 1.54) is 0 Å². The quantitative estimate of drug-likeness (QED) is 0.859. The molecule has 2 amide bonds. The zero-order chi connectivity index (χ0) is 18.1. The first-order valence-electron chi connectivity index (χ1n) is 8.87. The Morgan fingerprint density at radius 2 is 1.76 bits per heavy atom. The maximum atomic E-state index is 12.6. The number of hydrogen-bond donors (Lipinski definition) is 0. The Bertz CT molecular complexity index is 801. The van der Waals surface area contributed by atoms with E-state index in [4.69, 9.17) is 0 Å². The van der Waals surface area contributed by atoms with Crippen LogP contribution in [0, 0.1) is 6.92 Å². The number of imidazole rings is 1. The van der Waals surface area contributed by atoms with Crippen molar-refractivity contribution in [2.24, 2.45) is 0 Å². The first-order chi connectivity index (χ1) is 11.9. The van der Waals surface area contributed by atoms with Gasteiger partial charge >= 0.3 is 0 Å². The molecule has 0 unspecified atom stereocenters. The third-order valence-electron chi connectivity index (χ3n) is 4.88. The molecular formula is C19H26N4O2. The van der Waals surface area contributed by atoms with Crippen LogP contribution in [0.3, 0.4) is 0 Å². The summed E-state index contributed by atoms with van der Waals surface area (Å²) in [5, 5.41) is 0. The Morgan fingerprint density at radius 3 is 2.36 bits per heavy atom. The predicted molar refractivity (Wildman–Crippen MR) is 97.4 cm³/mol. The third kappa shape index (κ3) is 3.52. The first kappa shape index (κ1) is 17.5. The van der Waals surface area contributed by atoms with Crippen LogP contribution in [0.4, 0.5) is 0 Å². The molecule has 1 aromatic carbocycles. The fourth-order valence-electron chi connectivity index (χ4n) is 3.58. The van der Waals surface area contributed by atoms with E-state index in [1.807, 2.05) is 24.0 Å². The Balaban J connectivity index is 1.71. The molecule has 6 nitrogen and oxygen atoms in total. The van der Waals surface area contributed by atoms with Crippen LogP contribution in [-0.2, 0) is 16.0 Å². The second kappa shape index (κ2) is 6.86. The number of nitrogens with zero attached hydrogens (tertiary/aromatic N) is 4. The van der Waals surface area contributed by atoms with Gasteiger partial charge in [-0.25, -0.2) is 4.98 Å². The second-order valence-corrected chi connectivity index (χ2v) is 7.01. The van der Waals surface area contributed by atoms with E-state index >= 15 is 0 Å². The molecule has 2 heterocycles. The lowest BCUT2D eigenvalue weighted by Gasteiger charge is -2.34. The van der Waals surface area contributed by atoms with Gasteiger partial charge < -0.3 is 14.4 Å². The molecule has 1 fully saturated rings. The SMILES string of the molecule is CC(=O)N1CCN(C(=O)Cc2ccc3c(c2)nc(C)n3C(C)C)CC1. The molecule has 0 saturated carbocycles. The highest BCUT2D eigenvalue weighted by molar-refractivity contribution is 5.82. The molecule has 0 radical (unpaired) electrons. The minimum Gasteiger partial charge on any atom is -0.339 e. The van der Waals surface area contributed by atoms with E-state index in [0.717, 1.165) is 22.4 Å². The molecule has 0 atom stereocenters. The van der Waals surface area contributed by atoms with Crippen molar-refractivity contribution in [1.82, 2.24) is 19.4 Å². The van der Waals surface area contributed by atoms with Gasteiger partial charge in [0.1, 0.15) is 5.82 Å². The van der Waals surface area contributed by atoms with Crippen molar-refractivity contribution in [2.45, 2.75) is 40.2 Å². The van der Waals surface area contributed by atoms with Gasteiger partial charge in [0.2, 0.25) is 11.8 Å². The van der Waals surface area contributed by atoms with Crippen LogP contribution in [0.5, 0.6) is 0 Å². The molecule has 1 saturated heterocycles. The van der Waals surface area contributed by atoms with E-state index in [0.29, 0.717) is 38.6 Å². The van der Waals surface area contributed by atoms with Crippen LogP contribution >= 0.6 is 0 Å². The molecule has 134 valence electrons. The predicted octanol–water partition coefficient (Wildman–Crippen LogP) is 2.16.